The minimum Gasteiger partial charge on any atom is -0.392 e. The number of nitrogens with zero attached hydrogens (tertiary/aromatic N) is 4. The lowest BCUT2D eigenvalue weighted by atomic mass is 9.90. The minimum atomic E-state index is -0.593. The standard InChI is InChI=1S/C29H34FN7O3S/c1-16-19(21-12-22(27(39)34-33-21)31-25-11-18-14-36(5)8-9-37(18)35-25)6-7-20(30)26(16)32-28(40)23-10-17(15-38)24(41-23)13-29(2,3)4/h6-7,10-12,38H,8-9,13-15H2,1-5H3,(H,32,40)(H,34,39)(H,31,33,35). The fraction of sp³-hybridized carbons (Fsp3) is 0.379. The van der Waals surface area contributed by atoms with Crippen LogP contribution in [0, 0.1) is 18.2 Å². The molecule has 0 spiro atoms. The maximum Gasteiger partial charge on any atom is 0.287 e. The fourth-order valence-electron chi connectivity index (χ4n) is 4.86. The van der Waals surface area contributed by atoms with Gasteiger partial charge in [-0.15, -0.1) is 11.3 Å². The molecule has 0 fully saturated rings. The fourth-order valence-corrected chi connectivity index (χ4v) is 6.23. The molecule has 4 N–H and O–H groups in total. The normalized spacial score (nSPS) is 13.7. The maximum absolute atomic E-state index is 15.0. The molecule has 0 radical (unpaired) electrons. The Bertz CT molecular complexity index is 1670. The van der Waals surface area contributed by atoms with E-state index < -0.39 is 17.3 Å². The number of nitrogens with one attached hydrogen (secondary N) is 3. The number of thiophene rings is 1. The summed E-state index contributed by atoms with van der Waals surface area (Å²) in [6, 6.07) is 7.97. The quantitative estimate of drug-likeness (QED) is 0.251. The van der Waals surface area contributed by atoms with Crippen LogP contribution >= 0.6 is 11.3 Å². The number of aliphatic hydroxyl groups excluding tert-OH is 1. The number of aromatic amines is 1. The first-order valence-corrected chi connectivity index (χ1v) is 14.2. The number of H-pyrrole nitrogens is 1. The number of benzene rings is 1. The van der Waals surface area contributed by atoms with E-state index in [0.29, 0.717) is 39.5 Å². The Morgan fingerprint density at radius 3 is 2.73 bits per heavy atom. The van der Waals surface area contributed by atoms with Gasteiger partial charge < -0.3 is 15.7 Å². The summed E-state index contributed by atoms with van der Waals surface area (Å²) in [4.78, 5) is 29.3. The number of carbonyl (C=O) groups excluding carboxylic acids is 1. The molecule has 0 aliphatic carbocycles. The van der Waals surface area contributed by atoms with Crippen LogP contribution in [0.4, 0.5) is 21.6 Å². The Morgan fingerprint density at radius 1 is 1.22 bits per heavy atom. The highest BCUT2D eigenvalue weighted by atomic mass is 32.1. The predicted octanol–water partition coefficient (Wildman–Crippen LogP) is 4.66. The molecule has 1 aliphatic heterocycles. The Kier molecular flexibility index (Phi) is 7.82. The number of fused-ring (bicyclic) bond motifs is 1. The zero-order valence-corrected chi connectivity index (χ0v) is 24.6. The van der Waals surface area contributed by atoms with Gasteiger partial charge in [-0.05, 0) is 61.2 Å². The first kappa shape index (κ1) is 28.7. The average Bonchev–Trinajstić information content (AvgIpc) is 3.49. The number of carbonyl (C=O) groups is 1. The molecule has 0 bridgehead atoms. The molecule has 4 heterocycles. The van der Waals surface area contributed by atoms with Crippen LogP contribution in [0.15, 0.2) is 35.1 Å². The Hall–Kier alpha value is -3.87. The van der Waals surface area contributed by atoms with Crippen LogP contribution in [-0.4, -0.2) is 49.5 Å². The second-order valence-electron chi connectivity index (χ2n) is 11.6. The third kappa shape index (κ3) is 6.24. The molecule has 41 heavy (non-hydrogen) atoms. The Morgan fingerprint density at radius 2 is 2.00 bits per heavy atom. The molecule has 0 saturated heterocycles. The van der Waals surface area contributed by atoms with Gasteiger partial charge in [-0.1, -0.05) is 20.8 Å². The van der Waals surface area contributed by atoms with E-state index in [2.05, 4.69) is 51.6 Å². The molecule has 4 aromatic rings. The average molecular weight is 580 g/mol. The second kappa shape index (κ2) is 11.2. The molecule has 10 nitrogen and oxygen atoms in total. The number of anilines is 3. The van der Waals surface area contributed by atoms with Crippen molar-refractivity contribution >= 4 is 34.4 Å². The van der Waals surface area contributed by atoms with E-state index in [-0.39, 0.29) is 23.4 Å². The molecule has 1 aromatic carbocycles. The summed E-state index contributed by atoms with van der Waals surface area (Å²) in [6.07, 6.45) is 0.705. The molecule has 12 heteroatoms. The molecule has 216 valence electrons. The third-order valence-corrected chi connectivity index (χ3v) is 8.14. The number of amides is 1. The van der Waals surface area contributed by atoms with Gasteiger partial charge in [0.1, 0.15) is 11.5 Å². The molecule has 1 amide bonds. The van der Waals surface area contributed by atoms with Crippen molar-refractivity contribution in [3.63, 3.8) is 0 Å². The number of rotatable bonds is 7. The number of hydrogen-bond donors (Lipinski definition) is 4. The smallest absolute Gasteiger partial charge is 0.287 e. The van der Waals surface area contributed by atoms with Crippen molar-refractivity contribution < 1.29 is 14.3 Å². The van der Waals surface area contributed by atoms with Crippen LogP contribution in [0.1, 0.15) is 52.1 Å². The largest absolute Gasteiger partial charge is 0.392 e. The number of hydrogen-bond acceptors (Lipinski definition) is 8. The van der Waals surface area contributed by atoms with Crippen LogP contribution in [-0.2, 0) is 26.1 Å². The SMILES string of the molecule is Cc1c(-c2cc(Nc3cc4n(n3)CCN(C)C4)c(=O)[nH]n2)ccc(F)c1NC(=O)c1cc(CO)c(CC(C)(C)C)s1. The topological polar surface area (TPSA) is 128 Å². The van der Waals surface area contributed by atoms with Crippen molar-refractivity contribution in [1.29, 1.82) is 0 Å². The zero-order valence-electron chi connectivity index (χ0n) is 23.8. The van der Waals surface area contributed by atoms with E-state index in [1.807, 2.05) is 17.8 Å². The van der Waals surface area contributed by atoms with Crippen molar-refractivity contribution in [2.24, 2.45) is 5.41 Å². The van der Waals surface area contributed by atoms with Gasteiger partial charge in [0, 0.05) is 29.6 Å². The van der Waals surface area contributed by atoms with E-state index in [1.54, 1.807) is 25.1 Å². The highest BCUT2D eigenvalue weighted by Gasteiger charge is 2.22. The third-order valence-electron chi connectivity index (χ3n) is 6.97. The van der Waals surface area contributed by atoms with Gasteiger partial charge in [0.05, 0.1) is 35.1 Å². The van der Waals surface area contributed by atoms with Gasteiger partial charge in [-0.3, -0.25) is 19.2 Å². The Balaban J connectivity index is 1.41. The van der Waals surface area contributed by atoms with Crippen LogP contribution < -0.4 is 16.2 Å². The van der Waals surface area contributed by atoms with Gasteiger partial charge in [0.25, 0.3) is 11.5 Å². The first-order chi connectivity index (χ1) is 19.4. The first-order valence-electron chi connectivity index (χ1n) is 13.4. The van der Waals surface area contributed by atoms with E-state index in [0.717, 1.165) is 30.2 Å². The van der Waals surface area contributed by atoms with Gasteiger partial charge in [-0.2, -0.15) is 10.2 Å². The van der Waals surface area contributed by atoms with Crippen molar-refractivity contribution in [3.05, 3.63) is 73.1 Å². The summed E-state index contributed by atoms with van der Waals surface area (Å²) in [5.41, 5.74) is 2.97. The number of aromatic nitrogens is 4. The van der Waals surface area contributed by atoms with Crippen molar-refractivity contribution in [2.45, 2.75) is 53.8 Å². The zero-order chi connectivity index (χ0) is 29.5. The molecule has 5 rings (SSSR count). The number of aliphatic hydroxyl groups is 1. The highest BCUT2D eigenvalue weighted by molar-refractivity contribution is 7.14. The molecule has 0 unspecified atom stereocenters. The maximum atomic E-state index is 15.0. The van der Waals surface area contributed by atoms with Gasteiger partial charge in [0.15, 0.2) is 5.82 Å². The lowest BCUT2D eigenvalue weighted by Gasteiger charge is -2.22. The van der Waals surface area contributed by atoms with Crippen LogP contribution in [0.3, 0.4) is 0 Å². The van der Waals surface area contributed by atoms with E-state index in [1.165, 1.54) is 17.4 Å². The summed E-state index contributed by atoms with van der Waals surface area (Å²) >= 11 is 1.30. The monoisotopic (exact) mass is 579 g/mol. The second-order valence-corrected chi connectivity index (χ2v) is 12.7. The molecular weight excluding hydrogens is 545 g/mol. The number of likely N-dealkylation sites (N-methyl/N-ethyl adjacent to an activating group) is 1. The summed E-state index contributed by atoms with van der Waals surface area (Å²) < 4.78 is 16.9. The van der Waals surface area contributed by atoms with Crippen LogP contribution in [0.2, 0.25) is 0 Å². The summed E-state index contributed by atoms with van der Waals surface area (Å²) in [7, 11) is 2.04. The molecule has 0 saturated carbocycles. The van der Waals surface area contributed by atoms with Crippen molar-refractivity contribution in [3.8, 4) is 11.3 Å². The predicted molar refractivity (Wildman–Crippen MR) is 158 cm³/mol. The lowest BCUT2D eigenvalue weighted by molar-refractivity contribution is 0.103. The lowest BCUT2D eigenvalue weighted by Crippen LogP contribution is -2.30. The molecular formula is C29H34FN7O3S. The highest BCUT2D eigenvalue weighted by Crippen LogP contribution is 2.33. The van der Waals surface area contributed by atoms with Crippen molar-refractivity contribution in [2.75, 3.05) is 24.2 Å². The van der Waals surface area contributed by atoms with Gasteiger partial charge in [0.2, 0.25) is 0 Å². The van der Waals surface area contributed by atoms with E-state index in [4.69, 9.17) is 0 Å². The molecule has 1 aliphatic rings. The van der Waals surface area contributed by atoms with Crippen LogP contribution in [0.25, 0.3) is 11.3 Å². The summed E-state index contributed by atoms with van der Waals surface area (Å²) in [6.45, 7) is 10.2. The summed E-state index contributed by atoms with van der Waals surface area (Å²) in [5.74, 6) is -0.509. The number of halogens is 1. The minimum absolute atomic E-state index is 0.0231. The van der Waals surface area contributed by atoms with Gasteiger partial charge in [-0.25, -0.2) is 9.49 Å². The van der Waals surface area contributed by atoms with E-state index >= 15 is 4.39 Å². The van der Waals surface area contributed by atoms with Crippen LogP contribution in [0.5, 0.6) is 0 Å². The summed E-state index contributed by atoms with van der Waals surface area (Å²) in [5, 5.41) is 26.9. The van der Waals surface area contributed by atoms with Gasteiger partial charge >= 0.3 is 0 Å². The molecule has 3 aromatic heterocycles. The Labute approximate surface area is 241 Å². The van der Waals surface area contributed by atoms with Crippen molar-refractivity contribution in [1.82, 2.24) is 24.9 Å². The van der Waals surface area contributed by atoms with E-state index in [9.17, 15) is 14.7 Å². The molecule has 0 atom stereocenters.